The minimum atomic E-state index is -0.0240. The molecule has 124 valence electrons. The smallest absolute Gasteiger partial charge is 0.251 e. The van der Waals surface area contributed by atoms with Gasteiger partial charge in [0.2, 0.25) is 0 Å². The van der Waals surface area contributed by atoms with Gasteiger partial charge < -0.3 is 5.32 Å². The summed E-state index contributed by atoms with van der Waals surface area (Å²) < 4.78 is 0. The summed E-state index contributed by atoms with van der Waals surface area (Å²) in [5.74, 6) is -0.0240. The quantitative estimate of drug-likeness (QED) is 0.812. The molecule has 0 atom stereocenters. The molecule has 0 unspecified atom stereocenters. The Kier molecular flexibility index (Phi) is 5.31. The predicted octanol–water partition coefficient (Wildman–Crippen LogP) is 4.26. The van der Waals surface area contributed by atoms with Gasteiger partial charge in [-0.05, 0) is 42.7 Å². The molecule has 2 aromatic carbocycles. The summed E-state index contributed by atoms with van der Waals surface area (Å²) in [6.07, 6.45) is 3.01. The van der Waals surface area contributed by atoms with E-state index in [-0.39, 0.29) is 5.91 Å². The third-order valence-corrected chi connectivity index (χ3v) is 4.45. The van der Waals surface area contributed by atoms with Crippen molar-refractivity contribution in [1.29, 1.82) is 0 Å². The Balaban J connectivity index is 1.80. The fraction of sp³-hybridized carbons (Fsp3) is 0.300. The van der Waals surface area contributed by atoms with Crippen LogP contribution in [0.25, 0.3) is 0 Å². The average molecular weight is 341 g/mol. The van der Waals surface area contributed by atoms with E-state index >= 15 is 0 Å². The Labute approximate surface area is 147 Å². The SMILES string of the molecule is CCCCNC(=O)c1ccc(C2=NCCc3ccc(Cl)cc32)cc1. The van der Waals surface area contributed by atoms with Crippen LogP contribution < -0.4 is 5.32 Å². The van der Waals surface area contributed by atoms with Crippen LogP contribution in [0.4, 0.5) is 0 Å². The molecular formula is C20H21ClN2O. The number of carbonyl (C=O) groups is 1. The van der Waals surface area contributed by atoms with Crippen LogP contribution in [0, 0.1) is 0 Å². The van der Waals surface area contributed by atoms with Gasteiger partial charge in [-0.15, -0.1) is 0 Å². The van der Waals surface area contributed by atoms with Crippen LogP contribution in [0.5, 0.6) is 0 Å². The fourth-order valence-corrected chi connectivity index (χ4v) is 3.04. The van der Waals surface area contributed by atoms with Crippen molar-refractivity contribution in [3.05, 3.63) is 69.7 Å². The number of hydrogen-bond acceptors (Lipinski definition) is 2. The van der Waals surface area contributed by atoms with Gasteiger partial charge in [0.1, 0.15) is 0 Å². The molecule has 1 aliphatic rings. The number of benzene rings is 2. The third-order valence-electron chi connectivity index (χ3n) is 4.21. The Bertz CT molecular complexity index is 766. The van der Waals surface area contributed by atoms with Gasteiger partial charge in [-0.1, -0.05) is 43.1 Å². The summed E-state index contributed by atoms with van der Waals surface area (Å²) in [4.78, 5) is 16.8. The maximum absolute atomic E-state index is 12.1. The number of amides is 1. The maximum Gasteiger partial charge on any atom is 0.251 e. The molecule has 0 saturated carbocycles. The zero-order valence-corrected chi connectivity index (χ0v) is 14.6. The van der Waals surface area contributed by atoms with E-state index in [2.05, 4.69) is 23.3 Å². The molecule has 0 aromatic heterocycles. The second kappa shape index (κ2) is 7.63. The monoisotopic (exact) mass is 340 g/mol. The normalized spacial score (nSPS) is 13.2. The third kappa shape index (κ3) is 3.68. The molecule has 2 aromatic rings. The molecule has 3 nitrogen and oxygen atoms in total. The average Bonchev–Trinajstić information content (AvgIpc) is 2.61. The van der Waals surface area contributed by atoms with Crippen LogP contribution in [0.1, 0.15) is 46.8 Å². The predicted molar refractivity (Wildman–Crippen MR) is 99.3 cm³/mol. The van der Waals surface area contributed by atoms with Gasteiger partial charge in [0.15, 0.2) is 0 Å². The highest BCUT2D eigenvalue weighted by atomic mass is 35.5. The van der Waals surface area contributed by atoms with E-state index in [4.69, 9.17) is 11.6 Å². The molecule has 0 aliphatic carbocycles. The number of rotatable bonds is 5. The molecule has 3 rings (SSSR count). The maximum atomic E-state index is 12.1. The first-order chi connectivity index (χ1) is 11.7. The number of aliphatic imine (C=N–C) groups is 1. The van der Waals surface area contributed by atoms with E-state index in [1.165, 1.54) is 5.56 Å². The highest BCUT2D eigenvalue weighted by Crippen LogP contribution is 2.24. The van der Waals surface area contributed by atoms with E-state index in [1.54, 1.807) is 0 Å². The van der Waals surface area contributed by atoms with Crippen molar-refractivity contribution >= 4 is 23.2 Å². The Morgan fingerprint density at radius 3 is 2.75 bits per heavy atom. The summed E-state index contributed by atoms with van der Waals surface area (Å²) >= 11 is 6.15. The van der Waals surface area contributed by atoms with Crippen molar-refractivity contribution in [2.24, 2.45) is 4.99 Å². The summed E-state index contributed by atoms with van der Waals surface area (Å²) in [6.45, 7) is 3.61. The molecule has 4 heteroatoms. The minimum absolute atomic E-state index is 0.0240. The molecule has 0 saturated heterocycles. The van der Waals surface area contributed by atoms with Crippen LogP contribution in [0.2, 0.25) is 5.02 Å². The standard InChI is InChI=1S/C20H21ClN2O/c1-2-3-11-23-20(24)16-6-4-15(5-7-16)19-18-13-17(21)9-8-14(18)10-12-22-19/h4-9,13H,2-3,10-12H2,1H3,(H,23,24). The second-order valence-electron chi connectivity index (χ2n) is 5.97. The lowest BCUT2D eigenvalue weighted by Crippen LogP contribution is -2.24. The first-order valence-electron chi connectivity index (χ1n) is 8.41. The van der Waals surface area contributed by atoms with Gasteiger partial charge in [-0.2, -0.15) is 0 Å². The zero-order valence-electron chi connectivity index (χ0n) is 13.8. The zero-order chi connectivity index (χ0) is 16.9. The largest absolute Gasteiger partial charge is 0.352 e. The van der Waals surface area contributed by atoms with Gasteiger partial charge in [0.25, 0.3) is 5.91 Å². The van der Waals surface area contributed by atoms with Gasteiger partial charge in [-0.25, -0.2) is 0 Å². The fourth-order valence-electron chi connectivity index (χ4n) is 2.87. The molecule has 24 heavy (non-hydrogen) atoms. The van der Waals surface area contributed by atoms with Gasteiger partial charge in [0.05, 0.1) is 5.71 Å². The van der Waals surface area contributed by atoms with Gasteiger partial charge >= 0.3 is 0 Å². The van der Waals surface area contributed by atoms with Crippen molar-refractivity contribution in [1.82, 2.24) is 5.32 Å². The molecule has 0 spiro atoms. The van der Waals surface area contributed by atoms with Crippen molar-refractivity contribution in [2.45, 2.75) is 26.2 Å². The Morgan fingerprint density at radius 1 is 1.21 bits per heavy atom. The second-order valence-corrected chi connectivity index (χ2v) is 6.41. The summed E-state index contributed by atoms with van der Waals surface area (Å²) in [5.41, 5.74) is 5.01. The number of fused-ring (bicyclic) bond motifs is 1. The first kappa shape index (κ1) is 16.7. The lowest BCUT2D eigenvalue weighted by Gasteiger charge is -2.17. The van der Waals surface area contributed by atoms with Crippen LogP contribution in [0.3, 0.4) is 0 Å². The van der Waals surface area contributed by atoms with Crippen LogP contribution in [-0.2, 0) is 6.42 Å². The van der Waals surface area contributed by atoms with Crippen molar-refractivity contribution in [3.63, 3.8) is 0 Å². The number of nitrogens with one attached hydrogen (secondary N) is 1. The van der Waals surface area contributed by atoms with Crippen molar-refractivity contribution < 1.29 is 4.79 Å². The molecule has 1 aliphatic heterocycles. The Hall–Kier alpha value is -2.13. The highest BCUT2D eigenvalue weighted by Gasteiger charge is 2.16. The van der Waals surface area contributed by atoms with Gasteiger partial charge in [-0.3, -0.25) is 9.79 Å². The minimum Gasteiger partial charge on any atom is -0.352 e. The number of nitrogens with zero attached hydrogens (tertiary/aromatic N) is 1. The molecule has 0 fully saturated rings. The molecular weight excluding hydrogens is 320 g/mol. The summed E-state index contributed by atoms with van der Waals surface area (Å²) in [7, 11) is 0. The molecule has 0 bridgehead atoms. The number of halogens is 1. The van der Waals surface area contributed by atoms with Crippen LogP contribution in [-0.4, -0.2) is 24.7 Å². The van der Waals surface area contributed by atoms with E-state index in [9.17, 15) is 4.79 Å². The molecule has 1 amide bonds. The molecule has 1 N–H and O–H groups in total. The Morgan fingerprint density at radius 2 is 2.00 bits per heavy atom. The van der Waals surface area contributed by atoms with Crippen LogP contribution in [0.15, 0.2) is 47.5 Å². The lowest BCUT2D eigenvalue weighted by molar-refractivity contribution is 0.0953. The first-order valence-corrected chi connectivity index (χ1v) is 8.78. The van der Waals surface area contributed by atoms with E-state index in [1.807, 2.05) is 36.4 Å². The number of hydrogen-bond donors (Lipinski definition) is 1. The van der Waals surface area contributed by atoms with Crippen molar-refractivity contribution in [2.75, 3.05) is 13.1 Å². The van der Waals surface area contributed by atoms with E-state index in [0.29, 0.717) is 5.56 Å². The topological polar surface area (TPSA) is 41.5 Å². The van der Waals surface area contributed by atoms with Gasteiger partial charge in [0, 0.05) is 34.8 Å². The van der Waals surface area contributed by atoms with E-state index < -0.39 is 0 Å². The van der Waals surface area contributed by atoms with E-state index in [0.717, 1.165) is 54.2 Å². The van der Waals surface area contributed by atoms with Crippen molar-refractivity contribution in [3.8, 4) is 0 Å². The number of carbonyl (C=O) groups excluding carboxylic acids is 1. The molecule has 1 heterocycles. The van der Waals surface area contributed by atoms with Crippen LogP contribution >= 0.6 is 11.6 Å². The summed E-state index contributed by atoms with van der Waals surface area (Å²) in [5, 5.41) is 3.65. The summed E-state index contributed by atoms with van der Waals surface area (Å²) in [6, 6.07) is 13.6. The lowest BCUT2D eigenvalue weighted by atomic mass is 9.93. The molecule has 0 radical (unpaired) electrons. The number of unbranched alkanes of at least 4 members (excludes halogenated alkanes) is 1. The highest BCUT2D eigenvalue weighted by molar-refractivity contribution is 6.31.